The van der Waals surface area contributed by atoms with Gasteiger partial charge in [-0.15, -0.1) is 0 Å². The summed E-state index contributed by atoms with van der Waals surface area (Å²) in [6, 6.07) is 10.2. The molecule has 25 heavy (non-hydrogen) atoms. The van der Waals surface area contributed by atoms with Gasteiger partial charge in [0.2, 0.25) is 0 Å². The first kappa shape index (κ1) is 15.4. The maximum Gasteiger partial charge on any atom is 0.150 e. The van der Waals surface area contributed by atoms with Gasteiger partial charge in [-0.05, 0) is 44.2 Å². The largest absolute Gasteiger partial charge is 0.508 e. The van der Waals surface area contributed by atoms with E-state index in [2.05, 4.69) is 5.16 Å². The summed E-state index contributed by atoms with van der Waals surface area (Å²) in [4.78, 5) is 0. The van der Waals surface area contributed by atoms with Gasteiger partial charge in [0.1, 0.15) is 17.3 Å². The van der Waals surface area contributed by atoms with Crippen molar-refractivity contribution < 1.29 is 18.4 Å². The number of aromatic hydroxyl groups is 1. The number of aryl methyl sites for hydroxylation is 2. The van der Waals surface area contributed by atoms with Crippen molar-refractivity contribution >= 4 is 10.9 Å². The molecular formula is C19H14F2N2O2. The molecule has 0 radical (unpaired) electrons. The van der Waals surface area contributed by atoms with Crippen molar-refractivity contribution in [3.05, 3.63) is 65.6 Å². The molecule has 0 aliphatic carbocycles. The molecule has 0 unspecified atom stereocenters. The average molecular weight is 340 g/mol. The van der Waals surface area contributed by atoms with Crippen LogP contribution in [0.2, 0.25) is 0 Å². The van der Waals surface area contributed by atoms with Gasteiger partial charge in [0.05, 0.1) is 28.2 Å². The van der Waals surface area contributed by atoms with Crippen LogP contribution in [0.4, 0.5) is 8.78 Å². The van der Waals surface area contributed by atoms with Crippen LogP contribution in [0, 0.1) is 25.5 Å². The number of hydrogen-bond donors (Lipinski definition) is 1. The lowest BCUT2D eigenvalue weighted by Crippen LogP contribution is -2.00. The fraction of sp³-hybridized carbons (Fsp3) is 0.105. The molecule has 0 bridgehead atoms. The van der Waals surface area contributed by atoms with Crippen LogP contribution in [-0.4, -0.2) is 14.8 Å². The highest BCUT2D eigenvalue weighted by atomic mass is 19.1. The lowest BCUT2D eigenvalue weighted by molar-refractivity contribution is 0.393. The first-order chi connectivity index (χ1) is 12.0. The molecule has 0 saturated heterocycles. The molecule has 4 nitrogen and oxygen atoms in total. The number of halogens is 2. The van der Waals surface area contributed by atoms with E-state index in [0.717, 1.165) is 6.07 Å². The quantitative estimate of drug-likeness (QED) is 0.565. The highest BCUT2D eigenvalue weighted by molar-refractivity contribution is 5.90. The minimum Gasteiger partial charge on any atom is -0.508 e. The zero-order chi connectivity index (χ0) is 17.7. The minimum atomic E-state index is -0.616. The predicted octanol–water partition coefficient (Wildman–Crippen LogP) is 4.89. The van der Waals surface area contributed by atoms with E-state index in [-0.39, 0.29) is 11.4 Å². The molecule has 0 fully saturated rings. The number of phenolic OH excluding ortho intramolecular Hbond substituents is 1. The summed E-state index contributed by atoms with van der Waals surface area (Å²) in [6.45, 7) is 3.53. The van der Waals surface area contributed by atoms with Crippen molar-refractivity contribution in [2.24, 2.45) is 0 Å². The second-order valence-corrected chi connectivity index (χ2v) is 5.87. The zero-order valence-corrected chi connectivity index (χ0v) is 13.5. The second-order valence-electron chi connectivity index (χ2n) is 5.87. The topological polar surface area (TPSA) is 51.2 Å². The number of nitrogens with zero attached hydrogens (tertiary/aromatic N) is 2. The van der Waals surface area contributed by atoms with Crippen molar-refractivity contribution in [1.82, 2.24) is 9.72 Å². The third kappa shape index (κ3) is 2.29. The molecule has 0 aliphatic rings. The first-order valence-corrected chi connectivity index (χ1v) is 7.69. The molecule has 0 aliphatic heterocycles. The van der Waals surface area contributed by atoms with E-state index >= 15 is 0 Å². The number of fused-ring (bicyclic) bond motifs is 1. The highest BCUT2D eigenvalue weighted by Crippen LogP contribution is 2.36. The highest BCUT2D eigenvalue weighted by Gasteiger charge is 2.22. The normalized spacial score (nSPS) is 11.4. The van der Waals surface area contributed by atoms with Crippen LogP contribution < -0.4 is 0 Å². The molecule has 2 aromatic carbocycles. The molecule has 6 heteroatoms. The maximum atomic E-state index is 14.6. The number of rotatable bonds is 2. The van der Waals surface area contributed by atoms with E-state index in [1.165, 1.54) is 18.2 Å². The van der Waals surface area contributed by atoms with Gasteiger partial charge >= 0.3 is 0 Å². The Kier molecular flexibility index (Phi) is 3.35. The Labute approximate surface area is 141 Å². The van der Waals surface area contributed by atoms with Crippen molar-refractivity contribution in [1.29, 1.82) is 0 Å². The van der Waals surface area contributed by atoms with E-state index in [1.54, 1.807) is 36.6 Å². The molecule has 0 saturated carbocycles. The lowest BCUT2D eigenvalue weighted by atomic mass is 10.1. The molecular weight excluding hydrogens is 326 g/mol. The third-order valence-electron chi connectivity index (χ3n) is 4.25. The fourth-order valence-electron chi connectivity index (χ4n) is 3.16. The Morgan fingerprint density at radius 1 is 1.04 bits per heavy atom. The van der Waals surface area contributed by atoms with Gasteiger partial charge in [0, 0.05) is 11.5 Å². The van der Waals surface area contributed by atoms with Crippen molar-refractivity contribution in [3.8, 4) is 22.7 Å². The predicted molar refractivity (Wildman–Crippen MR) is 89.8 cm³/mol. The molecule has 0 atom stereocenters. The van der Waals surface area contributed by atoms with Gasteiger partial charge in [0.25, 0.3) is 0 Å². The smallest absolute Gasteiger partial charge is 0.150 e. The van der Waals surface area contributed by atoms with Crippen LogP contribution in [0.15, 0.2) is 47.0 Å². The minimum absolute atomic E-state index is 0.178. The van der Waals surface area contributed by atoms with Crippen LogP contribution in [-0.2, 0) is 0 Å². The molecule has 2 aromatic heterocycles. The molecule has 2 heterocycles. The van der Waals surface area contributed by atoms with Gasteiger partial charge in [0.15, 0.2) is 5.82 Å². The first-order valence-electron chi connectivity index (χ1n) is 7.69. The van der Waals surface area contributed by atoms with Crippen LogP contribution in [0.25, 0.3) is 27.8 Å². The van der Waals surface area contributed by atoms with Crippen molar-refractivity contribution in [3.63, 3.8) is 0 Å². The standard InChI is InChI=1S/C19H14F2N2O2/c1-10-19(11(2)25-22-10)18-9-13-14(20)4-3-5-16(13)23(18)17-7-6-12(24)8-15(17)21/h3-9,24H,1-2H3. The molecule has 0 amide bonds. The van der Waals surface area contributed by atoms with E-state index in [9.17, 15) is 13.9 Å². The van der Waals surface area contributed by atoms with Crippen LogP contribution in [0.3, 0.4) is 0 Å². The molecule has 4 aromatic rings. The Hall–Kier alpha value is -3.15. The van der Waals surface area contributed by atoms with Crippen molar-refractivity contribution in [2.75, 3.05) is 0 Å². The number of aromatic nitrogens is 2. The number of phenols is 1. The summed E-state index contributed by atoms with van der Waals surface area (Å²) in [7, 11) is 0. The number of benzene rings is 2. The van der Waals surface area contributed by atoms with Crippen molar-refractivity contribution in [2.45, 2.75) is 13.8 Å². The molecule has 0 spiro atoms. The van der Waals surface area contributed by atoms with Gasteiger partial charge in [-0.1, -0.05) is 11.2 Å². The Morgan fingerprint density at radius 3 is 2.52 bits per heavy atom. The summed E-state index contributed by atoms with van der Waals surface area (Å²) in [5, 5.41) is 13.8. The lowest BCUT2D eigenvalue weighted by Gasteiger charge is -2.12. The molecule has 126 valence electrons. The fourth-order valence-corrected chi connectivity index (χ4v) is 3.16. The Morgan fingerprint density at radius 2 is 1.84 bits per heavy atom. The van der Waals surface area contributed by atoms with Gasteiger partial charge in [-0.2, -0.15) is 0 Å². The SMILES string of the molecule is Cc1noc(C)c1-c1cc2c(F)cccc2n1-c1ccc(O)cc1F. The van der Waals surface area contributed by atoms with E-state index < -0.39 is 11.6 Å². The average Bonchev–Trinajstić information content (AvgIpc) is 3.09. The van der Waals surface area contributed by atoms with Gasteiger partial charge in [-0.25, -0.2) is 8.78 Å². The van der Waals surface area contributed by atoms with E-state index in [0.29, 0.717) is 33.6 Å². The maximum absolute atomic E-state index is 14.6. The second kappa shape index (κ2) is 5.44. The summed E-state index contributed by atoms with van der Waals surface area (Å²) in [6.07, 6.45) is 0. The Bertz CT molecular complexity index is 1090. The van der Waals surface area contributed by atoms with Crippen LogP contribution in [0.1, 0.15) is 11.5 Å². The third-order valence-corrected chi connectivity index (χ3v) is 4.25. The summed E-state index contributed by atoms with van der Waals surface area (Å²) in [5.41, 5.74) is 2.60. The summed E-state index contributed by atoms with van der Waals surface area (Å²) >= 11 is 0. The van der Waals surface area contributed by atoms with Gasteiger partial charge in [-0.3, -0.25) is 0 Å². The zero-order valence-electron chi connectivity index (χ0n) is 13.5. The van der Waals surface area contributed by atoms with E-state index in [4.69, 9.17) is 4.52 Å². The van der Waals surface area contributed by atoms with Crippen LogP contribution in [0.5, 0.6) is 5.75 Å². The summed E-state index contributed by atoms with van der Waals surface area (Å²) < 4.78 is 35.7. The van der Waals surface area contributed by atoms with Crippen LogP contribution >= 0.6 is 0 Å². The molecule has 4 rings (SSSR count). The number of hydrogen-bond acceptors (Lipinski definition) is 3. The van der Waals surface area contributed by atoms with E-state index in [1.807, 2.05) is 0 Å². The molecule has 1 N–H and O–H groups in total. The van der Waals surface area contributed by atoms with Gasteiger partial charge < -0.3 is 14.2 Å². The monoisotopic (exact) mass is 340 g/mol. The summed E-state index contributed by atoms with van der Waals surface area (Å²) in [5.74, 6) is -0.637. The Balaban J connectivity index is 2.15.